The van der Waals surface area contributed by atoms with Gasteiger partial charge < -0.3 is 21.3 Å². The Morgan fingerprint density at radius 1 is 0.480 bits per heavy atom. The van der Waals surface area contributed by atoms with Gasteiger partial charge in [0, 0.05) is 41.4 Å². The summed E-state index contributed by atoms with van der Waals surface area (Å²) in [6.45, 7) is 3.63. The second kappa shape index (κ2) is 13.6. The van der Waals surface area contributed by atoms with Crippen LogP contribution in [0.5, 0.6) is 0 Å². The highest BCUT2D eigenvalue weighted by atomic mass is 32.2. The maximum Gasteiger partial charge on any atom is 0.206 e. The molecule has 0 saturated carbocycles. The molecule has 4 atom stereocenters. The van der Waals surface area contributed by atoms with Crippen molar-refractivity contribution in [1.29, 1.82) is 0 Å². The van der Waals surface area contributed by atoms with Crippen molar-refractivity contribution in [2.75, 3.05) is 36.8 Å². The van der Waals surface area contributed by atoms with Crippen LogP contribution in [0.25, 0.3) is 0 Å². The van der Waals surface area contributed by atoms with E-state index < -0.39 is 42.9 Å². The van der Waals surface area contributed by atoms with Gasteiger partial charge in [-0.2, -0.15) is 0 Å². The Hall–Kier alpha value is -3.98. The van der Waals surface area contributed by atoms with Gasteiger partial charge >= 0.3 is 0 Å². The third-order valence-electron chi connectivity index (χ3n) is 10.00. The second-order valence-corrected chi connectivity index (χ2v) is 17.0. The highest BCUT2D eigenvalue weighted by molar-refractivity contribution is 7.91. The minimum absolute atomic E-state index is 0.0657. The van der Waals surface area contributed by atoms with Crippen LogP contribution in [-0.4, -0.2) is 55.1 Å². The van der Waals surface area contributed by atoms with E-state index in [1.807, 2.05) is 0 Å². The lowest BCUT2D eigenvalue weighted by Gasteiger charge is -2.16. The number of anilines is 2. The molecule has 4 aromatic carbocycles. The summed E-state index contributed by atoms with van der Waals surface area (Å²) in [6.07, 6.45) is 3.79. The number of hydrogen-bond donors (Lipinski definition) is 4. The van der Waals surface area contributed by atoms with Gasteiger partial charge in [0.05, 0.1) is 19.6 Å². The molecule has 0 spiro atoms. The summed E-state index contributed by atoms with van der Waals surface area (Å²) in [6, 6.07) is 15.5. The Kier molecular flexibility index (Phi) is 9.39. The first-order chi connectivity index (χ1) is 23.9. The highest BCUT2D eigenvalue weighted by Crippen LogP contribution is 2.43. The molecule has 264 valence electrons. The Bertz CT molecular complexity index is 2150. The third kappa shape index (κ3) is 6.61. The summed E-state index contributed by atoms with van der Waals surface area (Å²) >= 11 is 0. The van der Waals surface area contributed by atoms with Gasteiger partial charge in [0.15, 0.2) is 11.6 Å². The lowest BCUT2D eigenvalue weighted by molar-refractivity contribution is 0.504. The number of benzene rings is 4. The minimum atomic E-state index is -3.98. The van der Waals surface area contributed by atoms with Crippen molar-refractivity contribution in [2.24, 2.45) is 0 Å². The van der Waals surface area contributed by atoms with Crippen molar-refractivity contribution in [1.82, 2.24) is 10.6 Å². The molecule has 0 radical (unpaired) electrons. The van der Waals surface area contributed by atoms with Crippen LogP contribution in [-0.2, 0) is 19.7 Å². The Morgan fingerprint density at radius 3 is 1.42 bits per heavy atom. The Balaban J connectivity index is 0.000000157. The average Bonchev–Trinajstić information content (AvgIpc) is 3.37. The largest absolute Gasteiger partial charge is 0.381 e. The predicted molar refractivity (Wildman–Crippen MR) is 181 cm³/mol. The lowest BCUT2D eigenvalue weighted by atomic mass is 9.91. The van der Waals surface area contributed by atoms with Crippen LogP contribution >= 0.6 is 0 Å². The minimum Gasteiger partial charge on any atom is -0.381 e. The maximum absolute atomic E-state index is 13.5. The molecule has 0 aromatic heterocycles. The molecular weight excluding hydrogens is 693 g/mol. The van der Waals surface area contributed by atoms with E-state index in [1.54, 1.807) is 24.3 Å². The van der Waals surface area contributed by atoms with Crippen LogP contribution in [0.4, 0.5) is 28.9 Å². The lowest BCUT2D eigenvalue weighted by Crippen LogP contribution is -2.21. The fourth-order valence-corrected chi connectivity index (χ4v) is 10.1. The van der Waals surface area contributed by atoms with Gasteiger partial charge in [0.25, 0.3) is 0 Å². The van der Waals surface area contributed by atoms with Crippen LogP contribution in [0.15, 0.2) is 92.4 Å². The van der Waals surface area contributed by atoms with Crippen molar-refractivity contribution >= 4 is 31.0 Å². The molecule has 8 nitrogen and oxygen atoms in total. The molecule has 4 aromatic rings. The fraction of sp³-hybridized carbons (Fsp3) is 0.333. The molecule has 50 heavy (non-hydrogen) atoms. The summed E-state index contributed by atoms with van der Waals surface area (Å²) < 4.78 is 105. The topological polar surface area (TPSA) is 116 Å². The molecular formula is C36H36F4N4O4S2. The summed E-state index contributed by atoms with van der Waals surface area (Å²) in [7, 11) is -7.87. The van der Waals surface area contributed by atoms with E-state index in [2.05, 4.69) is 21.3 Å². The first kappa shape index (κ1) is 34.5. The van der Waals surface area contributed by atoms with Gasteiger partial charge in [0.1, 0.15) is 11.6 Å². The van der Waals surface area contributed by atoms with Gasteiger partial charge in [-0.1, -0.05) is 0 Å². The molecule has 4 N–H and O–H groups in total. The van der Waals surface area contributed by atoms with E-state index in [-0.39, 0.29) is 37.5 Å². The molecule has 0 unspecified atom stereocenters. The summed E-state index contributed by atoms with van der Waals surface area (Å²) in [5.41, 5.74) is 3.85. The first-order valence-electron chi connectivity index (χ1n) is 16.6. The highest BCUT2D eigenvalue weighted by Gasteiger charge is 2.35. The van der Waals surface area contributed by atoms with E-state index in [4.69, 9.17) is 0 Å². The molecule has 14 heteroatoms. The predicted octanol–water partition coefficient (Wildman–Crippen LogP) is 6.12. The van der Waals surface area contributed by atoms with E-state index in [1.165, 1.54) is 12.1 Å². The second-order valence-electron chi connectivity index (χ2n) is 13.1. The third-order valence-corrected chi connectivity index (χ3v) is 13.5. The number of fused-ring (bicyclic) bond motifs is 6. The van der Waals surface area contributed by atoms with E-state index in [0.29, 0.717) is 12.1 Å². The van der Waals surface area contributed by atoms with Crippen molar-refractivity contribution in [3.05, 3.63) is 107 Å². The van der Waals surface area contributed by atoms with Crippen LogP contribution < -0.4 is 21.3 Å². The number of halogens is 4. The standard InChI is InChI=1S/2C18H18F2N2O2S/c19-15-3-1-12(10-16(15)20)25(23,24)11-2-4-17-14(9-11)13-5-7-21-8-6-18(13)22-17;19-11-7-12(20)9-14(8-11)25(23,24)13-1-2-17-16(10-13)15-3-5-21-6-4-18(15)22-17/h1-4,9-10,13,18,21-22H,5-8H2;1-2,7-10,15,18,21-22H,3-6H2/t13-,18+;15-,18+/m11/s1. The molecule has 0 aliphatic carbocycles. The average molecular weight is 729 g/mol. The van der Waals surface area contributed by atoms with Gasteiger partial charge in [-0.3, -0.25) is 0 Å². The van der Waals surface area contributed by atoms with Crippen LogP contribution in [0.2, 0.25) is 0 Å². The number of nitrogens with one attached hydrogen (secondary N) is 4. The molecule has 2 saturated heterocycles. The molecule has 0 bridgehead atoms. The molecule has 2 fully saturated rings. The molecule has 0 amide bonds. The zero-order valence-corrected chi connectivity index (χ0v) is 28.5. The first-order valence-corrected chi connectivity index (χ1v) is 19.5. The van der Waals surface area contributed by atoms with Crippen LogP contribution in [0.1, 0.15) is 48.6 Å². The fourth-order valence-electron chi connectivity index (χ4n) is 7.47. The molecule has 4 aliphatic rings. The molecule has 4 aliphatic heterocycles. The number of sulfone groups is 2. The number of rotatable bonds is 4. The number of hydrogen-bond acceptors (Lipinski definition) is 8. The summed E-state index contributed by atoms with van der Waals surface area (Å²) in [5.74, 6) is -3.55. The Morgan fingerprint density at radius 2 is 0.920 bits per heavy atom. The quantitative estimate of drug-likeness (QED) is 0.147. The van der Waals surface area contributed by atoms with E-state index in [0.717, 1.165) is 105 Å². The monoisotopic (exact) mass is 728 g/mol. The molecule has 4 heterocycles. The van der Waals surface area contributed by atoms with Gasteiger partial charge in [-0.15, -0.1) is 0 Å². The van der Waals surface area contributed by atoms with Crippen molar-refractivity contribution in [2.45, 2.75) is 69.2 Å². The summed E-state index contributed by atoms with van der Waals surface area (Å²) in [5, 5.41) is 13.6. The van der Waals surface area contributed by atoms with Crippen LogP contribution in [0.3, 0.4) is 0 Å². The smallest absolute Gasteiger partial charge is 0.206 e. The van der Waals surface area contributed by atoms with Crippen molar-refractivity contribution in [3.63, 3.8) is 0 Å². The molecule has 8 rings (SSSR count). The van der Waals surface area contributed by atoms with Crippen molar-refractivity contribution in [3.8, 4) is 0 Å². The SMILES string of the molecule is O=S(=O)(c1cc(F)cc(F)c1)c1ccc2c(c1)[C@H]1CCNCC[C@@H]1N2.O=S(=O)(c1ccc(F)c(F)c1)c1ccc2c(c1)[C@H]1CCNCC[C@@H]1N2. The normalized spacial score (nSPS) is 22.6. The van der Waals surface area contributed by atoms with E-state index >= 15 is 0 Å². The maximum atomic E-state index is 13.5. The van der Waals surface area contributed by atoms with Gasteiger partial charge in [-0.25, -0.2) is 34.4 Å². The Labute approximate surface area is 288 Å². The van der Waals surface area contributed by atoms with Gasteiger partial charge in [-0.05, 0) is 130 Å². The van der Waals surface area contributed by atoms with Gasteiger partial charge in [0.2, 0.25) is 19.7 Å². The van der Waals surface area contributed by atoms with Crippen LogP contribution in [0, 0.1) is 23.3 Å². The summed E-state index contributed by atoms with van der Waals surface area (Å²) in [4.78, 5) is -0.431. The zero-order valence-electron chi connectivity index (χ0n) is 26.9. The zero-order chi connectivity index (χ0) is 35.2. The van der Waals surface area contributed by atoms with E-state index in [9.17, 15) is 34.4 Å². The van der Waals surface area contributed by atoms with Crippen molar-refractivity contribution < 1.29 is 34.4 Å².